The molecule has 0 radical (unpaired) electrons. The fraction of sp³-hybridized carbons (Fsp3) is 1.00. The topological polar surface area (TPSA) is 0 Å². The molecule has 0 bridgehead atoms. The highest BCUT2D eigenvalue weighted by molar-refractivity contribution is 9.10. The van der Waals surface area contributed by atoms with Crippen LogP contribution in [0.1, 0.15) is 6.92 Å². The van der Waals surface area contributed by atoms with Crippen molar-refractivity contribution in [3.63, 3.8) is 0 Å². The molecule has 2 atom stereocenters. The monoisotopic (exact) mass is 268 g/mol. The Morgan fingerprint density at radius 1 is 1.44 bits per heavy atom. The van der Waals surface area contributed by atoms with Gasteiger partial charge in [0.05, 0.1) is 0 Å². The minimum atomic E-state index is -3.42. The summed E-state index contributed by atoms with van der Waals surface area (Å²) >= 11 is 4.60. The number of halogens is 5. The Morgan fingerprint density at radius 2 is 1.78 bits per heavy atom. The Balaban J connectivity index is 3.88. The van der Waals surface area contributed by atoms with Crippen molar-refractivity contribution in [1.82, 2.24) is 0 Å². The van der Waals surface area contributed by atoms with Gasteiger partial charge in [-0.2, -0.15) is 8.78 Å². The number of rotatable bonds is 2. The van der Waals surface area contributed by atoms with E-state index < -0.39 is 15.8 Å². The Labute approximate surface area is 68.1 Å². The average Bonchev–Trinajstić information content (AvgIpc) is 1.62. The second-order valence-corrected chi connectivity index (χ2v) is 4.12. The van der Waals surface area contributed by atoms with Crippen molar-refractivity contribution in [3.8, 4) is 0 Å². The van der Waals surface area contributed by atoms with Crippen LogP contribution < -0.4 is 0 Å². The van der Waals surface area contributed by atoms with Gasteiger partial charge in [-0.15, -0.1) is 0 Å². The fourth-order valence-corrected chi connectivity index (χ4v) is 1.34. The molecule has 0 spiro atoms. The van der Waals surface area contributed by atoms with E-state index in [0.717, 1.165) is 0 Å². The van der Waals surface area contributed by atoms with Crippen LogP contribution in [0.25, 0.3) is 0 Å². The molecular formula is C4H5Br2F3. The van der Waals surface area contributed by atoms with Crippen molar-refractivity contribution >= 4 is 31.9 Å². The third kappa shape index (κ3) is 3.45. The van der Waals surface area contributed by atoms with Crippen LogP contribution >= 0.6 is 31.9 Å². The standard InChI is InChI=1S/C4H5Br2F3/c1-2(5)3(7)4(6,8)9/h2-3H,1H3. The summed E-state index contributed by atoms with van der Waals surface area (Å²) in [6.45, 7) is 1.32. The van der Waals surface area contributed by atoms with E-state index in [-0.39, 0.29) is 0 Å². The van der Waals surface area contributed by atoms with Gasteiger partial charge in [0.2, 0.25) is 0 Å². The van der Waals surface area contributed by atoms with E-state index >= 15 is 0 Å². The van der Waals surface area contributed by atoms with Crippen LogP contribution in [0.4, 0.5) is 13.2 Å². The largest absolute Gasteiger partial charge is 0.333 e. The van der Waals surface area contributed by atoms with Crippen LogP contribution in [0.2, 0.25) is 0 Å². The van der Waals surface area contributed by atoms with Gasteiger partial charge < -0.3 is 0 Å². The van der Waals surface area contributed by atoms with E-state index in [2.05, 4.69) is 15.9 Å². The van der Waals surface area contributed by atoms with Gasteiger partial charge in [-0.3, -0.25) is 0 Å². The number of hydrogen-bond acceptors (Lipinski definition) is 0. The van der Waals surface area contributed by atoms with E-state index in [4.69, 9.17) is 0 Å². The highest BCUT2D eigenvalue weighted by atomic mass is 79.9. The summed E-state index contributed by atoms with van der Waals surface area (Å²) in [5.74, 6) is 0. The molecule has 0 N–H and O–H groups in total. The zero-order valence-electron chi connectivity index (χ0n) is 4.54. The predicted molar refractivity (Wildman–Crippen MR) is 37.2 cm³/mol. The molecule has 2 unspecified atom stereocenters. The Bertz CT molecular complexity index is 88.3. The van der Waals surface area contributed by atoms with E-state index in [0.29, 0.717) is 0 Å². The molecule has 9 heavy (non-hydrogen) atoms. The third-order valence-corrected chi connectivity index (χ3v) is 1.62. The molecule has 0 amide bonds. The highest BCUT2D eigenvalue weighted by Gasteiger charge is 2.39. The van der Waals surface area contributed by atoms with Gasteiger partial charge in [0, 0.05) is 4.83 Å². The van der Waals surface area contributed by atoms with Crippen molar-refractivity contribution < 1.29 is 13.2 Å². The number of hydrogen-bond donors (Lipinski definition) is 0. The summed E-state index contributed by atoms with van der Waals surface area (Å²) in [6, 6.07) is 0. The van der Waals surface area contributed by atoms with Crippen LogP contribution in [-0.4, -0.2) is 15.8 Å². The van der Waals surface area contributed by atoms with Crippen molar-refractivity contribution in [1.29, 1.82) is 0 Å². The molecule has 0 aliphatic heterocycles. The maximum Gasteiger partial charge on any atom is 0.333 e. The van der Waals surface area contributed by atoms with Gasteiger partial charge >= 0.3 is 4.83 Å². The lowest BCUT2D eigenvalue weighted by Crippen LogP contribution is -2.29. The quantitative estimate of drug-likeness (QED) is 0.676. The molecule has 0 aliphatic carbocycles. The van der Waals surface area contributed by atoms with Gasteiger partial charge in [0.15, 0.2) is 6.17 Å². The molecule has 0 fully saturated rings. The first-order valence-electron chi connectivity index (χ1n) is 2.20. The first-order chi connectivity index (χ1) is 3.85. The molecule has 0 aromatic carbocycles. The molecule has 56 valence electrons. The van der Waals surface area contributed by atoms with Gasteiger partial charge in [-0.05, 0) is 22.9 Å². The molecule has 0 aromatic rings. The smallest absolute Gasteiger partial charge is 0.239 e. The van der Waals surface area contributed by atoms with Crippen LogP contribution in [0.3, 0.4) is 0 Å². The lowest BCUT2D eigenvalue weighted by molar-refractivity contribution is 0.0242. The van der Waals surface area contributed by atoms with Crippen LogP contribution in [0, 0.1) is 0 Å². The maximum atomic E-state index is 12.2. The van der Waals surface area contributed by atoms with Crippen LogP contribution in [-0.2, 0) is 0 Å². The fourth-order valence-electron chi connectivity index (χ4n) is 0.260. The SMILES string of the molecule is CC(Br)C(F)C(F)(F)Br. The second-order valence-electron chi connectivity index (χ2n) is 1.62. The summed E-state index contributed by atoms with van der Waals surface area (Å²) < 4.78 is 35.9. The molecule has 0 heterocycles. The molecule has 0 saturated heterocycles. The Kier molecular flexibility index (Phi) is 3.50. The molecule has 0 aliphatic rings. The van der Waals surface area contributed by atoms with Crippen molar-refractivity contribution in [2.75, 3.05) is 0 Å². The minimum Gasteiger partial charge on any atom is -0.239 e. The first-order valence-corrected chi connectivity index (χ1v) is 3.91. The highest BCUT2D eigenvalue weighted by Crippen LogP contribution is 2.32. The summed E-state index contributed by atoms with van der Waals surface area (Å²) in [6.07, 6.45) is -2.18. The summed E-state index contributed by atoms with van der Waals surface area (Å²) in [4.78, 5) is -4.26. The third-order valence-electron chi connectivity index (χ3n) is 0.716. The average molecular weight is 270 g/mol. The summed E-state index contributed by atoms with van der Waals surface area (Å²) in [5, 5.41) is 0. The molecule has 0 rings (SSSR count). The van der Waals surface area contributed by atoms with Gasteiger partial charge in [0.1, 0.15) is 0 Å². The normalized spacial score (nSPS) is 19.3. The van der Waals surface area contributed by atoms with Gasteiger partial charge in [-0.25, -0.2) is 4.39 Å². The van der Waals surface area contributed by atoms with Crippen molar-refractivity contribution in [3.05, 3.63) is 0 Å². The van der Waals surface area contributed by atoms with Gasteiger partial charge in [0.25, 0.3) is 0 Å². The second kappa shape index (κ2) is 3.23. The van der Waals surface area contributed by atoms with Crippen LogP contribution in [0.5, 0.6) is 0 Å². The molecule has 5 heteroatoms. The van der Waals surface area contributed by atoms with Gasteiger partial charge in [-0.1, -0.05) is 15.9 Å². The number of alkyl halides is 5. The first kappa shape index (κ1) is 9.75. The minimum absolute atomic E-state index is 0.841. The van der Waals surface area contributed by atoms with E-state index in [9.17, 15) is 13.2 Å². The van der Waals surface area contributed by atoms with Crippen molar-refractivity contribution in [2.45, 2.75) is 22.8 Å². The maximum absolute atomic E-state index is 12.2. The predicted octanol–water partition coefficient (Wildman–Crippen LogP) is 3.10. The molecule has 0 saturated carbocycles. The Hall–Kier alpha value is 0.750. The zero-order valence-corrected chi connectivity index (χ0v) is 7.72. The molecule has 0 nitrogen and oxygen atoms in total. The Morgan fingerprint density at radius 3 is 1.78 bits per heavy atom. The van der Waals surface area contributed by atoms with Crippen LogP contribution in [0.15, 0.2) is 0 Å². The summed E-state index contributed by atoms with van der Waals surface area (Å²) in [5.41, 5.74) is 0. The van der Waals surface area contributed by atoms with E-state index in [1.807, 2.05) is 15.9 Å². The zero-order chi connectivity index (χ0) is 7.65. The van der Waals surface area contributed by atoms with E-state index in [1.165, 1.54) is 6.92 Å². The molecular weight excluding hydrogens is 265 g/mol. The molecule has 0 aromatic heterocycles. The lowest BCUT2D eigenvalue weighted by atomic mass is 10.3. The van der Waals surface area contributed by atoms with Crippen molar-refractivity contribution in [2.24, 2.45) is 0 Å². The lowest BCUT2D eigenvalue weighted by Gasteiger charge is -2.15. The van der Waals surface area contributed by atoms with E-state index in [1.54, 1.807) is 0 Å². The summed E-state index contributed by atoms with van der Waals surface area (Å²) in [7, 11) is 0.